The van der Waals surface area contributed by atoms with Gasteiger partial charge >= 0.3 is 6.18 Å². The molecule has 0 saturated carbocycles. The number of hydrogen-bond acceptors (Lipinski definition) is 4. The molecule has 0 aromatic heterocycles. The van der Waals surface area contributed by atoms with Gasteiger partial charge in [-0.15, -0.1) is 0 Å². The van der Waals surface area contributed by atoms with Crippen molar-refractivity contribution in [1.29, 1.82) is 0 Å². The molecule has 0 heterocycles. The van der Waals surface area contributed by atoms with Gasteiger partial charge in [-0.1, -0.05) is 23.2 Å². The zero-order valence-electron chi connectivity index (χ0n) is 16.5. The molecule has 0 atom stereocenters. The van der Waals surface area contributed by atoms with E-state index < -0.39 is 33.4 Å². The Balaban J connectivity index is 2.08. The summed E-state index contributed by atoms with van der Waals surface area (Å²) in [5.41, 5.74) is -1.23. The topological polar surface area (TPSA) is 75.7 Å². The monoisotopic (exact) mass is 498 g/mol. The van der Waals surface area contributed by atoms with Crippen molar-refractivity contribution in [2.45, 2.75) is 19.0 Å². The molecule has 2 rings (SSSR count). The lowest BCUT2D eigenvalue weighted by molar-refractivity contribution is -0.137. The number of methoxy groups -OCH3 is 1. The molecule has 2 aromatic carbocycles. The van der Waals surface area contributed by atoms with E-state index in [1.807, 2.05) is 0 Å². The van der Waals surface area contributed by atoms with Crippen molar-refractivity contribution >= 4 is 50.5 Å². The lowest BCUT2D eigenvalue weighted by Gasteiger charge is -2.23. The van der Waals surface area contributed by atoms with Gasteiger partial charge in [0.2, 0.25) is 15.9 Å². The SMILES string of the molecule is COc1ccc(N(CCCC(=O)Nc2ccc(Cl)cc2C(F)(F)F)S(C)(=O)=O)cc1Cl. The normalized spacial score (nSPS) is 11.8. The average molecular weight is 499 g/mol. The Morgan fingerprint density at radius 3 is 2.39 bits per heavy atom. The molecule has 0 aliphatic carbocycles. The van der Waals surface area contributed by atoms with Crippen LogP contribution in [0.15, 0.2) is 36.4 Å². The third-order valence-corrected chi connectivity index (χ3v) is 5.87. The minimum atomic E-state index is -4.70. The number of benzene rings is 2. The van der Waals surface area contributed by atoms with Crippen molar-refractivity contribution in [3.8, 4) is 5.75 Å². The number of sulfonamides is 1. The van der Waals surface area contributed by atoms with Gasteiger partial charge in [0.1, 0.15) is 5.75 Å². The molecular formula is C19H19Cl2F3N2O4S. The van der Waals surface area contributed by atoms with Crippen LogP contribution in [0, 0.1) is 0 Å². The fourth-order valence-corrected chi connectivity index (χ4v) is 4.13. The second-order valence-electron chi connectivity index (χ2n) is 6.49. The van der Waals surface area contributed by atoms with E-state index in [0.29, 0.717) is 5.75 Å². The van der Waals surface area contributed by atoms with Gasteiger partial charge in [0.15, 0.2) is 0 Å². The number of carbonyl (C=O) groups excluding carboxylic acids is 1. The lowest BCUT2D eigenvalue weighted by Crippen LogP contribution is -2.31. The highest BCUT2D eigenvalue weighted by molar-refractivity contribution is 7.92. The highest BCUT2D eigenvalue weighted by atomic mass is 35.5. The van der Waals surface area contributed by atoms with E-state index in [2.05, 4.69) is 5.32 Å². The first-order valence-electron chi connectivity index (χ1n) is 8.81. The van der Waals surface area contributed by atoms with Crippen molar-refractivity contribution in [3.63, 3.8) is 0 Å². The Morgan fingerprint density at radius 1 is 1.16 bits per heavy atom. The van der Waals surface area contributed by atoms with Crippen LogP contribution in [0.5, 0.6) is 5.75 Å². The third kappa shape index (κ3) is 6.91. The number of rotatable bonds is 8. The number of halogens is 5. The van der Waals surface area contributed by atoms with Gasteiger partial charge in [0.25, 0.3) is 0 Å². The maximum Gasteiger partial charge on any atom is 0.418 e. The molecule has 0 aliphatic rings. The third-order valence-electron chi connectivity index (χ3n) is 4.15. The number of alkyl halides is 3. The molecule has 0 unspecified atom stereocenters. The summed E-state index contributed by atoms with van der Waals surface area (Å²) in [7, 11) is -2.29. The van der Waals surface area contributed by atoms with Gasteiger partial charge in [-0.3, -0.25) is 9.10 Å². The zero-order valence-corrected chi connectivity index (χ0v) is 18.8. The van der Waals surface area contributed by atoms with E-state index in [4.69, 9.17) is 27.9 Å². The zero-order chi connectivity index (χ0) is 23.4. The van der Waals surface area contributed by atoms with Crippen molar-refractivity contribution < 1.29 is 31.1 Å². The highest BCUT2D eigenvalue weighted by Crippen LogP contribution is 2.36. The number of carbonyl (C=O) groups is 1. The average Bonchev–Trinajstić information content (AvgIpc) is 2.64. The summed E-state index contributed by atoms with van der Waals surface area (Å²) in [6.07, 6.45) is -3.86. The molecule has 0 bridgehead atoms. The summed E-state index contributed by atoms with van der Waals surface area (Å²) >= 11 is 11.7. The van der Waals surface area contributed by atoms with Crippen LogP contribution in [0.4, 0.5) is 24.5 Å². The van der Waals surface area contributed by atoms with Crippen molar-refractivity contribution in [2.75, 3.05) is 29.5 Å². The smallest absolute Gasteiger partial charge is 0.418 e. The first kappa shape index (κ1) is 25.1. The van der Waals surface area contributed by atoms with Gasteiger partial charge in [0.05, 0.1) is 35.3 Å². The fraction of sp³-hybridized carbons (Fsp3) is 0.316. The van der Waals surface area contributed by atoms with E-state index in [9.17, 15) is 26.4 Å². The highest BCUT2D eigenvalue weighted by Gasteiger charge is 2.34. The summed E-state index contributed by atoms with van der Waals surface area (Å²) in [4.78, 5) is 12.2. The molecule has 6 nitrogen and oxygen atoms in total. The molecule has 2 aromatic rings. The van der Waals surface area contributed by atoms with Gasteiger partial charge in [-0.25, -0.2) is 8.42 Å². The molecule has 12 heteroatoms. The second-order valence-corrected chi connectivity index (χ2v) is 9.24. The van der Waals surface area contributed by atoms with Crippen molar-refractivity contribution in [2.24, 2.45) is 0 Å². The van der Waals surface area contributed by atoms with Crippen LogP contribution in [0.3, 0.4) is 0 Å². The fourth-order valence-electron chi connectivity index (χ4n) is 2.75. The first-order valence-corrected chi connectivity index (χ1v) is 11.4. The summed E-state index contributed by atoms with van der Waals surface area (Å²) < 4.78 is 69.8. The predicted molar refractivity (Wildman–Crippen MR) is 115 cm³/mol. The number of hydrogen-bond donors (Lipinski definition) is 1. The van der Waals surface area contributed by atoms with Gasteiger partial charge in [0, 0.05) is 18.0 Å². The Kier molecular flexibility index (Phi) is 8.07. The minimum Gasteiger partial charge on any atom is -0.495 e. The van der Waals surface area contributed by atoms with E-state index in [1.165, 1.54) is 31.4 Å². The first-order chi connectivity index (χ1) is 14.3. The Bertz CT molecular complexity index is 1060. The lowest BCUT2D eigenvalue weighted by atomic mass is 10.1. The number of nitrogens with one attached hydrogen (secondary N) is 1. The summed E-state index contributed by atoms with van der Waals surface area (Å²) in [6, 6.07) is 7.41. The van der Waals surface area contributed by atoms with Crippen LogP contribution in [0.1, 0.15) is 18.4 Å². The quantitative estimate of drug-likeness (QED) is 0.542. The summed E-state index contributed by atoms with van der Waals surface area (Å²) in [6.45, 7) is -0.0817. The van der Waals surface area contributed by atoms with Crippen molar-refractivity contribution in [3.05, 3.63) is 52.0 Å². The maximum absolute atomic E-state index is 13.1. The molecule has 1 amide bonds. The largest absolute Gasteiger partial charge is 0.495 e. The Hall–Kier alpha value is -2.17. The van der Waals surface area contributed by atoms with Crippen LogP contribution >= 0.6 is 23.2 Å². The summed E-state index contributed by atoms with van der Waals surface area (Å²) in [5, 5.41) is 2.28. The standard InChI is InChI=1S/C19H19Cl2F3N2O4S/c1-30-17-8-6-13(11-15(17)21)26(31(2,28)29)9-3-4-18(27)25-16-7-5-12(20)10-14(16)19(22,23)24/h5-8,10-11H,3-4,9H2,1-2H3,(H,25,27). The number of amides is 1. The van der Waals surface area contributed by atoms with Gasteiger partial charge < -0.3 is 10.1 Å². The summed E-state index contributed by atoms with van der Waals surface area (Å²) in [5.74, 6) is -0.337. The Labute approximate surface area is 187 Å². The van der Waals surface area contributed by atoms with E-state index in [1.54, 1.807) is 0 Å². The van der Waals surface area contributed by atoms with Crippen LogP contribution < -0.4 is 14.4 Å². The molecule has 0 fully saturated rings. The molecule has 0 saturated heterocycles. The number of nitrogens with zero attached hydrogens (tertiary/aromatic N) is 1. The van der Waals surface area contributed by atoms with Gasteiger partial charge in [-0.2, -0.15) is 13.2 Å². The number of ether oxygens (including phenoxy) is 1. The molecule has 170 valence electrons. The molecule has 0 radical (unpaired) electrons. The van der Waals surface area contributed by atoms with E-state index in [0.717, 1.165) is 22.7 Å². The van der Waals surface area contributed by atoms with Crippen LogP contribution in [0.2, 0.25) is 10.0 Å². The molecular weight excluding hydrogens is 480 g/mol. The van der Waals surface area contributed by atoms with Crippen LogP contribution in [-0.4, -0.2) is 34.2 Å². The van der Waals surface area contributed by atoms with Gasteiger partial charge in [-0.05, 0) is 42.8 Å². The van der Waals surface area contributed by atoms with Crippen LogP contribution in [0.25, 0.3) is 0 Å². The van der Waals surface area contributed by atoms with E-state index in [-0.39, 0.29) is 35.1 Å². The van der Waals surface area contributed by atoms with Crippen LogP contribution in [-0.2, 0) is 21.0 Å². The van der Waals surface area contributed by atoms with E-state index >= 15 is 0 Å². The molecule has 0 aliphatic heterocycles. The molecule has 1 N–H and O–H groups in total. The molecule has 0 spiro atoms. The van der Waals surface area contributed by atoms with Crippen molar-refractivity contribution in [1.82, 2.24) is 0 Å². The second kappa shape index (κ2) is 9.97. The minimum absolute atomic E-state index is 0.0531. The predicted octanol–water partition coefficient (Wildman–Crippen LogP) is 5.21. The molecule has 31 heavy (non-hydrogen) atoms. The Morgan fingerprint density at radius 2 is 1.84 bits per heavy atom. The number of anilines is 2. The maximum atomic E-state index is 13.1.